The summed E-state index contributed by atoms with van der Waals surface area (Å²) in [5.41, 5.74) is 4.91. The Kier molecular flexibility index (Phi) is 5.64. The summed E-state index contributed by atoms with van der Waals surface area (Å²) >= 11 is 3.21. The van der Waals surface area contributed by atoms with Crippen molar-refractivity contribution < 1.29 is 0 Å². The number of benzene rings is 2. The normalized spacial score (nSPS) is 11.5. The Balaban J connectivity index is 1.27. The molecule has 162 valence electrons. The van der Waals surface area contributed by atoms with Crippen molar-refractivity contribution in [2.75, 3.05) is 0 Å². The Morgan fingerprint density at radius 2 is 1.91 bits per heavy atom. The summed E-state index contributed by atoms with van der Waals surface area (Å²) in [7, 11) is 0. The van der Waals surface area contributed by atoms with Crippen LogP contribution in [0.3, 0.4) is 0 Å². The van der Waals surface area contributed by atoms with Gasteiger partial charge < -0.3 is 4.57 Å². The Labute approximate surface area is 191 Å². The molecule has 0 saturated heterocycles. The molecule has 0 saturated carbocycles. The number of aromatic nitrogens is 5. The summed E-state index contributed by atoms with van der Waals surface area (Å²) in [6.07, 6.45) is 1.59. The van der Waals surface area contributed by atoms with E-state index >= 15 is 0 Å². The van der Waals surface area contributed by atoms with E-state index in [2.05, 4.69) is 37.9 Å². The van der Waals surface area contributed by atoms with Crippen molar-refractivity contribution in [3.05, 3.63) is 86.3 Å². The van der Waals surface area contributed by atoms with Crippen LogP contribution >= 0.6 is 23.3 Å². The van der Waals surface area contributed by atoms with Gasteiger partial charge in [0.1, 0.15) is 0 Å². The fraction of sp³-hybridized carbons (Fsp3) is 0.182. The van der Waals surface area contributed by atoms with Crippen molar-refractivity contribution in [3.8, 4) is 0 Å². The summed E-state index contributed by atoms with van der Waals surface area (Å²) in [6, 6.07) is 14.3. The van der Waals surface area contributed by atoms with Crippen LogP contribution in [0.25, 0.3) is 21.4 Å². The van der Waals surface area contributed by atoms with E-state index in [0.29, 0.717) is 30.8 Å². The van der Waals surface area contributed by atoms with Crippen LogP contribution < -0.4 is 16.0 Å². The number of aromatic amines is 1. The first-order valence-electron chi connectivity index (χ1n) is 10.1. The van der Waals surface area contributed by atoms with Gasteiger partial charge in [-0.2, -0.15) is 0 Å². The number of rotatable bonds is 7. The highest BCUT2D eigenvalue weighted by molar-refractivity contribution is 7.97. The van der Waals surface area contributed by atoms with Crippen LogP contribution in [-0.2, 0) is 19.6 Å². The third-order valence-electron chi connectivity index (χ3n) is 5.23. The number of hydrogen-bond acceptors (Lipinski definition) is 7. The second-order valence-electron chi connectivity index (χ2n) is 7.27. The number of fused-ring (bicyclic) bond motifs is 2. The van der Waals surface area contributed by atoms with Crippen LogP contribution in [0, 0.1) is 0 Å². The highest BCUT2D eigenvalue weighted by atomic mass is 32.2. The summed E-state index contributed by atoms with van der Waals surface area (Å²) in [5, 5.41) is 0. The van der Waals surface area contributed by atoms with Crippen molar-refractivity contribution in [2.45, 2.75) is 31.5 Å². The minimum atomic E-state index is -0.455. The molecule has 0 aliphatic rings. The van der Waals surface area contributed by atoms with Gasteiger partial charge in [-0.25, -0.2) is 14.8 Å². The van der Waals surface area contributed by atoms with Gasteiger partial charge in [0.15, 0.2) is 11.2 Å². The average Bonchev–Trinajstić information content (AvgIpc) is 3.44. The number of aryl methyl sites for hydroxylation is 1. The molecule has 0 amide bonds. The number of imidazole rings is 1. The molecular formula is C22H20N6O2S2. The minimum Gasteiger partial charge on any atom is -0.325 e. The molecule has 3 heterocycles. The molecule has 8 nitrogen and oxygen atoms in total. The summed E-state index contributed by atoms with van der Waals surface area (Å²) in [4.78, 5) is 36.8. The molecule has 5 aromatic rings. The van der Waals surface area contributed by atoms with Gasteiger partial charge in [0.25, 0.3) is 5.56 Å². The Hall–Kier alpha value is -3.21. The van der Waals surface area contributed by atoms with Gasteiger partial charge >= 0.3 is 5.69 Å². The van der Waals surface area contributed by atoms with Crippen LogP contribution in [0.5, 0.6) is 0 Å². The molecule has 0 fully saturated rings. The topological polar surface area (TPSA) is 97.6 Å². The maximum atomic E-state index is 12.4. The molecule has 10 heteroatoms. The Morgan fingerprint density at radius 1 is 1.09 bits per heavy atom. The van der Waals surface area contributed by atoms with Crippen LogP contribution in [0.1, 0.15) is 18.1 Å². The van der Waals surface area contributed by atoms with E-state index in [1.165, 1.54) is 9.27 Å². The fourth-order valence-corrected chi connectivity index (χ4v) is 4.93. The lowest BCUT2D eigenvalue weighted by Crippen LogP contribution is -2.31. The predicted octanol–water partition coefficient (Wildman–Crippen LogP) is 3.36. The molecule has 0 aliphatic heterocycles. The molecular weight excluding hydrogens is 444 g/mol. The fourth-order valence-electron chi connectivity index (χ4n) is 3.56. The van der Waals surface area contributed by atoms with E-state index < -0.39 is 11.2 Å². The predicted molar refractivity (Wildman–Crippen MR) is 128 cm³/mol. The van der Waals surface area contributed by atoms with Crippen molar-refractivity contribution in [3.63, 3.8) is 0 Å². The van der Waals surface area contributed by atoms with Crippen LogP contribution in [0.15, 0.2) is 68.8 Å². The second-order valence-corrected chi connectivity index (χ2v) is 9.12. The monoisotopic (exact) mass is 464 g/mol. The van der Waals surface area contributed by atoms with Crippen molar-refractivity contribution in [1.82, 2.24) is 28.8 Å². The lowest BCUT2D eigenvalue weighted by atomic mass is 10.1. The molecule has 3 aromatic heterocycles. The Bertz CT molecular complexity index is 1510. The molecule has 2 aromatic carbocycles. The van der Waals surface area contributed by atoms with Gasteiger partial charge in [0.05, 0.1) is 28.6 Å². The van der Waals surface area contributed by atoms with E-state index in [0.717, 1.165) is 21.5 Å². The van der Waals surface area contributed by atoms with Crippen LogP contribution in [0.2, 0.25) is 0 Å². The number of nitrogens with one attached hydrogen (secondary N) is 2. The maximum absolute atomic E-state index is 12.4. The summed E-state index contributed by atoms with van der Waals surface area (Å²) in [5.74, 6) is 0. The number of nitrogens with zero attached hydrogens (tertiary/aromatic N) is 4. The van der Waals surface area contributed by atoms with E-state index in [-0.39, 0.29) is 0 Å². The molecule has 0 bridgehead atoms. The largest absolute Gasteiger partial charge is 0.330 e. The minimum absolute atomic E-state index is 0.336. The highest BCUT2D eigenvalue weighted by Crippen LogP contribution is 2.24. The Morgan fingerprint density at radius 3 is 2.72 bits per heavy atom. The van der Waals surface area contributed by atoms with Gasteiger partial charge in [0, 0.05) is 18.0 Å². The van der Waals surface area contributed by atoms with Crippen molar-refractivity contribution in [1.29, 1.82) is 0 Å². The van der Waals surface area contributed by atoms with Crippen molar-refractivity contribution >= 4 is 44.7 Å². The average molecular weight is 465 g/mol. The number of thiazole rings is 1. The first kappa shape index (κ1) is 20.7. The number of H-pyrrole nitrogens is 1. The van der Waals surface area contributed by atoms with Gasteiger partial charge in [-0.3, -0.25) is 19.1 Å². The summed E-state index contributed by atoms with van der Waals surface area (Å²) < 4.78 is 7.80. The first-order valence-corrected chi connectivity index (χ1v) is 11.8. The molecule has 0 spiro atoms. The molecule has 2 N–H and O–H groups in total. The standard InChI is InChI=1S/C22H20N6O2S2/c1-2-27-12-23-20-19(27)21(29)26-22(30)28(20)11-15-5-3-14(4-6-15)10-25-32-16-7-8-18-17(9-16)24-13-31-18/h3-9,12-13,25H,2,10-11H2,1H3,(H,26,29,30). The molecule has 0 unspecified atom stereocenters. The molecule has 0 radical (unpaired) electrons. The van der Waals surface area contributed by atoms with Gasteiger partial charge in [-0.15, -0.1) is 11.3 Å². The summed E-state index contributed by atoms with van der Waals surface area (Å²) in [6.45, 7) is 3.57. The lowest BCUT2D eigenvalue weighted by Gasteiger charge is -2.09. The van der Waals surface area contributed by atoms with Gasteiger partial charge in [0.2, 0.25) is 0 Å². The molecule has 5 rings (SSSR count). The highest BCUT2D eigenvalue weighted by Gasteiger charge is 2.13. The third-order valence-corrected chi connectivity index (χ3v) is 6.82. The maximum Gasteiger partial charge on any atom is 0.330 e. The van der Waals surface area contributed by atoms with Gasteiger partial charge in [-0.05, 0) is 48.2 Å². The van der Waals surface area contributed by atoms with Crippen molar-refractivity contribution in [2.24, 2.45) is 0 Å². The third kappa shape index (κ3) is 3.99. The quantitative estimate of drug-likeness (QED) is 0.359. The van der Waals surface area contributed by atoms with Crippen LogP contribution in [0.4, 0.5) is 0 Å². The zero-order chi connectivity index (χ0) is 22.1. The zero-order valence-electron chi connectivity index (χ0n) is 17.2. The van der Waals surface area contributed by atoms with E-state index in [1.807, 2.05) is 36.7 Å². The van der Waals surface area contributed by atoms with E-state index in [1.54, 1.807) is 34.2 Å². The SMILES string of the molecule is CCn1cnc2c1c(=O)[nH]c(=O)n2Cc1ccc(CNSc2ccc3scnc3c2)cc1. The smallest absolute Gasteiger partial charge is 0.325 e. The second kappa shape index (κ2) is 8.73. The lowest BCUT2D eigenvalue weighted by molar-refractivity contribution is 0.742. The number of hydrogen-bond donors (Lipinski definition) is 2. The molecule has 0 atom stereocenters. The van der Waals surface area contributed by atoms with E-state index in [4.69, 9.17) is 0 Å². The first-order chi connectivity index (χ1) is 15.6. The molecule has 32 heavy (non-hydrogen) atoms. The van der Waals surface area contributed by atoms with Crippen LogP contribution in [-0.4, -0.2) is 24.1 Å². The molecule has 0 aliphatic carbocycles. The van der Waals surface area contributed by atoms with E-state index in [9.17, 15) is 9.59 Å². The zero-order valence-corrected chi connectivity index (χ0v) is 18.9. The van der Waals surface area contributed by atoms with Gasteiger partial charge in [-0.1, -0.05) is 24.3 Å².